The van der Waals surface area contributed by atoms with Gasteiger partial charge in [0.05, 0.1) is 4.90 Å². The highest BCUT2D eigenvalue weighted by Crippen LogP contribution is 2.35. The normalized spacial score (nSPS) is 11.5. The lowest BCUT2D eigenvalue weighted by molar-refractivity contribution is 0.602. The summed E-state index contributed by atoms with van der Waals surface area (Å²) in [6.45, 7) is 1.67. The number of aromatic nitrogens is 5. The van der Waals surface area contributed by atoms with Gasteiger partial charge in [-0.25, -0.2) is 18.5 Å². The van der Waals surface area contributed by atoms with E-state index in [2.05, 4.69) is 30.9 Å². The maximum Gasteiger partial charge on any atom is 0.181 e. The number of tetrazole rings is 1. The second-order valence-corrected chi connectivity index (χ2v) is 8.12. The van der Waals surface area contributed by atoms with Crippen molar-refractivity contribution in [2.24, 2.45) is 0 Å². The number of anilines is 1. The molecule has 0 saturated heterocycles. The summed E-state index contributed by atoms with van der Waals surface area (Å²) < 4.78 is 24.5. The fourth-order valence-corrected chi connectivity index (χ4v) is 3.66. The minimum atomic E-state index is -3.47. The van der Waals surface area contributed by atoms with Crippen LogP contribution in [0.2, 0.25) is 0 Å². The van der Waals surface area contributed by atoms with Crippen LogP contribution in [0.4, 0.5) is 5.82 Å². The molecule has 2 aromatic heterocycles. The maximum absolute atomic E-state index is 12.3. The summed E-state index contributed by atoms with van der Waals surface area (Å²) in [5, 5.41) is 16.8. The molecule has 3 aromatic rings. The van der Waals surface area contributed by atoms with Crippen molar-refractivity contribution in [1.82, 2.24) is 30.9 Å². The van der Waals surface area contributed by atoms with Crippen molar-refractivity contribution in [2.75, 3.05) is 38.3 Å². The van der Waals surface area contributed by atoms with E-state index in [0.717, 1.165) is 30.7 Å². The standard InChI is InChI=1S/C17H21N7O2S/c1-18-9-10-24(2)15-8-7-12(11-19-15)13-5-4-6-14(27(3,25)26)16(13)17-20-22-23-21-17/h4-8,11,18H,9-10H2,1-3H3,(H,20,21,22,23). The van der Waals surface area contributed by atoms with E-state index in [1.54, 1.807) is 18.3 Å². The zero-order chi connectivity index (χ0) is 19.4. The van der Waals surface area contributed by atoms with E-state index in [4.69, 9.17) is 0 Å². The van der Waals surface area contributed by atoms with E-state index in [1.165, 1.54) is 0 Å². The lowest BCUT2D eigenvalue weighted by Crippen LogP contribution is -2.27. The second kappa shape index (κ2) is 7.80. The average Bonchev–Trinajstić information content (AvgIpc) is 3.19. The highest BCUT2D eigenvalue weighted by molar-refractivity contribution is 7.90. The summed E-state index contributed by atoms with van der Waals surface area (Å²) in [4.78, 5) is 6.71. The van der Waals surface area contributed by atoms with Crippen molar-refractivity contribution < 1.29 is 8.42 Å². The molecule has 0 amide bonds. The number of benzene rings is 1. The zero-order valence-corrected chi connectivity index (χ0v) is 16.2. The van der Waals surface area contributed by atoms with E-state index in [9.17, 15) is 8.42 Å². The van der Waals surface area contributed by atoms with Crippen molar-refractivity contribution in [2.45, 2.75) is 4.90 Å². The van der Waals surface area contributed by atoms with Gasteiger partial charge < -0.3 is 10.2 Å². The Morgan fingerprint density at radius 3 is 2.63 bits per heavy atom. The number of hydrogen-bond acceptors (Lipinski definition) is 8. The Labute approximate surface area is 157 Å². The number of hydrogen-bond donors (Lipinski definition) is 2. The molecule has 0 aliphatic heterocycles. The molecule has 0 fully saturated rings. The van der Waals surface area contributed by atoms with E-state index >= 15 is 0 Å². The van der Waals surface area contributed by atoms with Crippen LogP contribution in [0.25, 0.3) is 22.5 Å². The third-order valence-corrected chi connectivity index (χ3v) is 5.29. The molecule has 27 heavy (non-hydrogen) atoms. The van der Waals surface area contributed by atoms with Crippen LogP contribution in [0.5, 0.6) is 0 Å². The van der Waals surface area contributed by atoms with Crippen LogP contribution in [0.1, 0.15) is 0 Å². The smallest absolute Gasteiger partial charge is 0.181 e. The monoisotopic (exact) mass is 387 g/mol. The fourth-order valence-electron chi connectivity index (χ4n) is 2.76. The minimum Gasteiger partial charge on any atom is -0.358 e. The first-order valence-electron chi connectivity index (χ1n) is 8.31. The van der Waals surface area contributed by atoms with E-state index in [0.29, 0.717) is 17.0 Å². The fraction of sp³-hybridized carbons (Fsp3) is 0.294. The molecule has 1 aromatic carbocycles. The molecule has 0 spiro atoms. The first kappa shape index (κ1) is 18.9. The van der Waals surface area contributed by atoms with Crippen LogP contribution in [0, 0.1) is 0 Å². The predicted molar refractivity (Wildman–Crippen MR) is 103 cm³/mol. The van der Waals surface area contributed by atoms with Gasteiger partial charge in [-0.3, -0.25) is 0 Å². The van der Waals surface area contributed by atoms with Gasteiger partial charge in [-0.2, -0.15) is 0 Å². The van der Waals surface area contributed by atoms with Crippen molar-refractivity contribution in [3.05, 3.63) is 36.5 Å². The molecular formula is C17H21N7O2S. The molecule has 142 valence electrons. The Hall–Kier alpha value is -2.85. The van der Waals surface area contributed by atoms with Crippen LogP contribution in [0.15, 0.2) is 41.4 Å². The van der Waals surface area contributed by atoms with Gasteiger partial charge in [0.25, 0.3) is 0 Å². The number of aromatic amines is 1. The topological polar surface area (TPSA) is 117 Å². The van der Waals surface area contributed by atoms with Crippen LogP contribution < -0.4 is 10.2 Å². The van der Waals surface area contributed by atoms with E-state index < -0.39 is 9.84 Å². The van der Waals surface area contributed by atoms with E-state index in [1.807, 2.05) is 37.2 Å². The third kappa shape index (κ3) is 4.12. The molecule has 9 nitrogen and oxygen atoms in total. The average molecular weight is 387 g/mol. The first-order chi connectivity index (χ1) is 12.9. The number of H-pyrrole nitrogens is 1. The van der Waals surface area contributed by atoms with Gasteiger partial charge in [-0.05, 0) is 41.2 Å². The molecule has 0 atom stereocenters. The summed E-state index contributed by atoms with van der Waals surface area (Å²) in [6.07, 6.45) is 2.89. The summed E-state index contributed by atoms with van der Waals surface area (Å²) in [5.41, 5.74) is 1.90. The van der Waals surface area contributed by atoms with Gasteiger partial charge in [0.15, 0.2) is 15.7 Å². The molecule has 3 rings (SSSR count). The van der Waals surface area contributed by atoms with Crippen molar-refractivity contribution >= 4 is 15.7 Å². The molecular weight excluding hydrogens is 366 g/mol. The second-order valence-electron chi connectivity index (χ2n) is 6.13. The molecule has 0 aliphatic carbocycles. The van der Waals surface area contributed by atoms with E-state index in [-0.39, 0.29) is 4.90 Å². The number of likely N-dealkylation sites (N-methyl/N-ethyl adjacent to an activating group) is 2. The van der Waals surface area contributed by atoms with Gasteiger partial charge in [0.1, 0.15) is 5.82 Å². The number of sulfone groups is 1. The summed E-state index contributed by atoms with van der Waals surface area (Å²) >= 11 is 0. The number of nitrogens with zero attached hydrogens (tertiary/aromatic N) is 5. The highest BCUT2D eigenvalue weighted by Gasteiger charge is 2.21. The van der Waals surface area contributed by atoms with Crippen LogP contribution in [-0.2, 0) is 9.84 Å². The molecule has 2 heterocycles. The first-order valence-corrected chi connectivity index (χ1v) is 10.2. The number of rotatable bonds is 7. The van der Waals surface area contributed by atoms with Crippen LogP contribution >= 0.6 is 0 Å². The zero-order valence-electron chi connectivity index (χ0n) is 15.3. The lowest BCUT2D eigenvalue weighted by atomic mass is 10.0. The Balaban J connectivity index is 2.07. The lowest BCUT2D eigenvalue weighted by Gasteiger charge is -2.18. The maximum atomic E-state index is 12.3. The number of nitrogens with one attached hydrogen (secondary N) is 2. The van der Waals surface area contributed by atoms with Crippen molar-refractivity contribution in [3.8, 4) is 22.5 Å². The molecule has 0 bridgehead atoms. The largest absolute Gasteiger partial charge is 0.358 e. The Morgan fingerprint density at radius 2 is 2.04 bits per heavy atom. The van der Waals surface area contributed by atoms with Gasteiger partial charge >= 0.3 is 0 Å². The van der Waals surface area contributed by atoms with Crippen LogP contribution in [0.3, 0.4) is 0 Å². The summed E-state index contributed by atoms with van der Waals surface area (Å²) in [5.74, 6) is 1.12. The molecule has 2 N–H and O–H groups in total. The molecule has 0 saturated carbocycles. The number of pyridine rings is 1. The van der Waals surface area contributed by atoms with Gasteiger partial charge in [-0.15, -0.1) is 5.10 Å². The molecule has 0 unspecified atom stereocenters. The van der Waals surface area contributed by atoms with Crippen LogP contribution in [-0.4, -0.2) is 67.5 Å². The molecule has 0 aliphatic rings. The van der Waals surface area contributed by atoms with Crippen molar-refractivity contribution in [3.63, 3.8) is 0 Å². The van der Waals surface area contributed by atoms with Gasteiger partial charge in [-0.1, -0.05) is 12.1 Å². The molecule has 10 heteroatoms. The molecule has 0 radical (unpaired) electrons. The Bertz CT molecular complexity index is 1000. The van der Waals surface area contributed by atoms with Crippen molar-refractivity contribution in [1.29, 1.82) is 0 Å². The SMILES string of the molecule is CNCCN(C)c1ccc(-c2cccc(S(C)(=O)=O)c2-c2nnn[nH]2)cn1. The third-order valence-electron chi connectivity index (χ3n) is 4.16. The Kier molecular flexibility index (Phi) is 5.47. The van der Waals surface area contributed by atoms with Gasteiger partial charge in [0.2, 0.25) is 0 Å². The highest BCUT2D eigenvalue weighted by atomic mass is 32.2. The summed E-state index contributed by atoms with van der Waals surface area (Å²) in [6, 6.07) is 8.89. The summed E-state index contributed by atoms with van der Waals surface area (Å²) in [7, 11) is 0.396. The predicted octanol–water partition coefficient (Wildman–Crippen LogP) is 0.988. The van der Waals surface area contributed by atoms with Gasteiger partial charge in [0, 0.05) is 43.7 Å². The minimum absolute atomic E-state index is 0.161. The Morgan fingerprint density at radius 1 is 1.22 bits per heavy atom. The quantitative estimate of drug-likeness (QED) is 0.616.